The Morgan fingerprint density at radius 1 is 1.40 bits per heavy atom. The van der Waals surface area contributed by atoms with Gasteiger partial charge in [0, 0.05) is 13.1 Å². The van der Waals surface area contributed by atoms with Crippen molar-refractivity contribution in [2.45, 2.75) is 33.4 Å². The molecule has 0 bridgehead atoms. The third-order valence-corrected chi connectivity index (χ3v) is 3.84. The highest BCUT2D eigenvalue weighted by Crippen LogP contribution is 2.25. The Labute approximate surface area is 124 Å². The van der Waals surface area contributed by atoms with Crippen molar-refractivity contribution in [1.82, 2.24) is 9.78 Å². The molecule has 108 valence electrons. The van der Waals surface area contributed by atoms with Crippen molar-refractivity contribution in [3.05, 3.63) is 45.7 Å². The van der Waals surface area contributed by atoms with Crippen LogP contribution in [0.2, 0.25) is 5.02 Å². The first kappa shape index (κ1) is 14.9. The Bertz CT molecular complexity index is 620. The van der Waals surface area contributed by atoms with Crippen LogP contribution in [-0.4, -0.2) is 9.78 Å². The predicted molar refractivity (Wildman–Crippen MR) is 81.1 cm³/mol. The fourth-order valence-corrected chi connectivity index (χ4v) is 2.32. The van der Waals surface area contributed by atoms with E-state index < -0.39 is 0 Å². The van der Waals surface area contributed by atoms with Gasteiger partial charge in [-0.2, -0.15) is 5.10 Å². The summed E-state index contributed by atoms with van der Waals surface area (Å²) in [6, 6.07) is 6.02. The van der Waals surface area contributed by atoms with Gasteiger partial charge in [-0.25, -0.2) is 0 Å². The van der Waals surface area contributed by atoms with Gasteiger partial charge in [0.25, 0.3) is 0 Å². The fraction of sp³-hybridized carbons (Fsp3) is 0.400. The van der Waals surface area contributed by atoms with Crippen LogP contribution in [0.5, 0.6) is 5.75 Å². The van der Waals surface area contributed by atoms with Crippen LogP contribution in [0.3, 0.4) is 0 Å². The van der Waals surface area contributed by atoms with Crippen LogP contribution < -0.4 is 10.5 Å². The molecule has 4 nitrogen and oxygen atoms in total. The van der Waals surface area contributed by atoms with Gasteiger partial charge in [-0.3, -0.25) is 4.68 Å². The van der Waals surface area contributed by atoms with E-state index in [9.17, 15) is 0 Å². The number of nitrogens with zero attached hydrogens (tertiary/aromatic N) is 2. The summed E-state index contributed by atoms with van der Waals surface area (Å²) in [4.78, 5) is 0. The number of benzene rings is 1. The van der Waals surface area contributed by atoms with Crippen molar-refractivity contribution in [1.29, 1.82) is 0 Å². The van der Waals surface area contributed by atoms with Crippen LogP contribution in [0.1, 0.15) is 35.5 Å². The van der Waals surface area contributed by atoms with Crippen LogP contribution in [0, 0.1) is 13.8 Å². The molecule has 0 saturated heterocycles. The second-order valence-electron chi connectivity index (χ2n) is 5.07. The Morgan fingerprint density at radius 2 is 2.10 bits per heavy atom. The van der Waals surface area contributed by atoms with E-state index in [0.29, 0.717) is 11.6 Å². The second kappa shape index (κ2) is 5.85. The fourth-order valence-electron chi connectivity index (χ4n) is 2.10. The first-order valence-corrected chi connectivity index (χ1v) is 6.95. The van der Waals surface area contributed by atoms with Gasteiger partial charge in [-0.15, -0.1) is 0 Å². The summed E-state index contributed by atoms with van der Waals surface area (Å²) >= 11 is 6.21. The monoisotopic (exact) mass is 293 g/mol. The van der Waals surface area contributed by atoms with Crippen LogP contribution in [0.4, 0.5) is 0 Å². The average Bonchev–Trinajstić information content (AvgIpc) is 2.62. The first-order valence-electron chi connectivity index (χ1n) is 6.57. The Balaban J connectivity index is 2.15. The maximum Gasteiger partial charge on any atom is 0.131 e. The third kappa shape index (κ3) is 2.97. The van der Waals surface area contributed by atoms with Gasteiger partial charge < -0.3 is 10.5 Å². The molecule has 0 amide bonds. The number of nitrogens with two attached hydrogens (primary N) is 1. The minimum atomic E-state index is 0.0249. The SMILES string of the molecule is Cc1cc([C@H](C)N)ccc1OCc1c(Cl)c(C)nn1C. The van der Waals surface area contributed by atoms with Gasteiger partial charge in [-0.1, -0.05) is 23.7 Å². The normalized spacial score (nSPS) is 12.5. The molecule has 20 heavy (non-hydrogen) atoms. The topological polar surface area (TPSA) is 53.1 Å². The van der Waals surface area contributed by atoms with E-state index in [2.05, 4.69) is 11.2 Å². The predicted octanol–water partition coefficient (Wildman–Crippen LogP) is 3.29. The molecule has 0 aliphatic carbocycles. The summed E-state index contributed by atoms with van der Waals surface area (Å²) in [5.74, 6) is 0.837. The summed E-state index contributed by atoms with van der Waals surface area (Å²) in [5.41, 5.74) is 9.73. The van der Waals surface area contributed by atoms with Crippen molar-refractivity contribution < 1.29 is 4.74 Å². The van der Waals surface area contributed by atoms with Crippen molar-refractivity contribution in [2.75, 3.05) is 0 Å². The highest BCUT2D eigenvalue weighted by molar-refractivity contribution is 6.31. The van der Waals surface area contributed by atoms with E-state index in [1.54, 1.807) is 4.68 Å². The third-order valence-electron chi connectivity index (χ3n) is 3.35. The summed E-state index contributed by atoms with van der Waals surface area (Å²) in [5, 5.41) is 4.94. The minimum absolute atomic E-state index is 0.0249. The minimum Gasteiger partial charge on any atom is -0.487 e. The molecule has 2 aromatic rings. The second-order valence-corrected chi connectivity index (χ2v) is 5.45. The molecule has 0 aliphatic rings. The lowest BCUT2D eigenvalue weighted by atomic mass is 10.1. The number of ether oxygens (including phenoxy) is 1. The molecule has 0 saturated carbocycles. The molecule has 1 aromatic heterocycles. The summed E-state index contributed by atoms with van der Waals surface area (Å²) < 4.78 is 7.60. The highest BCUT2D eigenvalue weighted by Gasteiger charge is 2.12. The zero-order valence-electron chi connectivity index (χ0n) is 12.3. The molecular weight excluding hydrogens is 274 g/mol. The maximum atomic E-state index is 6.21. The molecule has 5 heteroatoms. The summed E-state index contributed by atoms with van der Waals surface area (Å²) in [6.07, 6.45) is 0. The molecular formula is C15H20ClN3O. The number of halogens is 1. The van der Waals surface area contributed by atoms with E-state index >= 15 is 0 Å². The molecule has 2 N–H and O–H groups in total. The Morgan fingerprint density at radius 3 is 2.60 bits per heavy atom. The molecule has 1 aromatic carbocycles. The summed E-state index contributed by atoms with van der Waals surface area (Å²) in [6.45, 7) is 6.26. The molecule has 1 heterocycles. The average molecular weight is 294 g/mol. The first-order chi connectivity index (χ1) is 9.40. The van der Waals surface area contributed by atoms with Crippen LogP contribution in [-0.2, 0) is 13.7 Å². The number of hydrogen-bond acceptors (Lipinski definition) is 3. The van der Waals surface area contributed by atoms with E-state index in [4.69, 9.17) is 22.1 Å². The lowest BCUT2D eigenvalue weighted by Gasteiger charge is -2.12. The highest BCUT2D eigenvalue weighted by atomic mass is 35.5. The lowest BCUT2D eigenvalue weighted by Crippen LogP contribution is -2.07. The lowest BCUT2D eigenvalue weighted by molar-refractivity contribution is 0.293. The van der Waals surface area contributed by atoms with Gasteiger partial charge in [0.1, 0.15) is 12.4 Å². The standard InChI is InChI=1S/C15H20ClN3O/c1-9-7-12(10(2)17)5-6-14(9)20-8-13-15(16)11(3)18-19(13)4/h5-7,10H,8,17H2,1-4H3/t10-/m0/s1. The molecule has 0 aliphatic heterocycles. The molecule has 1 atom stereocenters. The zero-order chi connectivity index (χ0) is 14.9. The molecule has 0 fully saturated rings. The Kier molecular flexibility index (Phi) is 4.35. The Hall–Kier alpha value is -1.52. The smallest absolute Gasteiger partial charge is 0.131 e. The van der Waals surface area contributed by atoms with Gasteiger partial charge in [0.05, 0.1) is 16.4 Å². The number of aromatic nitrogens is 2. The van der Waals surface area contributed by atoms with Crippen molar-refractivity contribution in [3.63, 3.8) is 0 Å². The van der Waals surface area contributed by atoms with E-state index in [-0.39, 0.29) is 6.04 Å². The van der Waals surface area contributed by atoms with E-state index in [0.717, 1.165) is 28.3 Å². The molecule has 2 rings (SSSR count). The van der Waals surface area contributed by atoms with Gasteiger partial charge in [-0.05, 0) is 38.0 Å². The quantitative estimate of drug-likeness (QED) is 0.941. The molecule has 0 spiro atoms. The van der Waals surface area contributed by atoms with Crippen molar-refractivity contribution in [3.8, 4) is 5.75 Å². The maximum absolute atomic E-state index is 6.21. The summed E-state index contributed by atoms with van der Waals surface area (Å²) in [7, 11) is 1.86. The van der Waals surface area contributed by atoms with Gasteiger partial charge in [0.15, 0.2) is 0 Å². The van der Waals surface area contributed by atoms with Crippen molar-refractivity contribution >= 4 is 11.6 Å². The van der Waals surface area contributed by atoms with Crippen LogP contribution in [0.15, 0.2) is 18.2 Å². The largest absolute Gasteiger partial charge is 0.487 e. The number of hydrogen-bond donors (Lipinski definition) is 1. The van der Waals surface area contributed by atoms with Gasteiger partial charge in [0.2, 0.25) is 0 Å². The molecule has 0 radical (unpaired) electrons. The van der Waals surface area contributed by atoms with E-state index in [1.165, 1.54) is 0 Å². The van der Waals surface area contributed by atoms with E-state index in [1.807, 2.05) is 40.0 Å². The number of rotatable bonds is 4. The van der Waals surface area contributed by atoms with Crippen LogP contribution in [0.25, 0.3) is 0 Å². The van der Waals surface area contributed by atoms with Crippen LogP contribution >= 0.6 is 11.6 Å². The molecule has 0 unspecified atom stereocenters. The number of aryl methyl sites for hydroxylation is 3. The van der Waals surface area contributed by atoms with Crippen molar-refractivity contribution in [2.24, 2.45) is 12.8 Å². The van der Waals surface area contributed by atoms with Gasteiger partial charge >= 0.3 is 0 Å². The zero-order valence-corrected chi connectivity index (χ0v) is 13.0.